The first-order valence-electron chi connectivity index (χ1n) is 8.06. The molecule has 2 heteroatoms. The van der Waals surface area contributed by atoms with E-state index in [-0.39, 0.29) is 5.41 Å². The Labute approximate surface area is 131 Å². The normalized spacial score (nSPS) is 14.5. The van der Waals surface area contributed by atoms with Crippen molar-refractivity contribution in [2.75, 3.05) is 26.8 Å². The summed E-state index contributed by atoms with van der Waals surface area (Å²) in [6, 6.07) is 4.61. The lowest BCUT2D eigenvalue weighted by molar-refractivity contribution is 0.175. The molecule has 1 N–H and O–H groups in total. The van der Waals surface area contributed by atoms with Crippen LogP contribution in [0, 0.1) is 32.1 Å². The Morgan fingerprint density at radius 1 is 1.14 bits per heavy atom. The molecule has 0 aromatic heterocycles. The first kappa shape index (κ1) is 18.2. The molecule has 0 bridgehead atoms. The van der Waals surface area contributed by atoms with Crippen molar-refractivity contribution in [3.63, 3.8) is 0 Å². The Kier molecular flexibility index (Phi) is 6.89. The zero-order valence-electron chi connectivity index (χ0n) is 15.0. The third-order valence-electron chi connectivity index (χ3n) is 4.83. The average molecular weight is 291 g/mol. The van der Waals surface area contributed by atoms with Crippen LogP contribution in [0.2, 0.25) is 0 Å². The molecule has 0 saturated carbocycles. The van der Waals surface area contributed by atoms with Gasteiger partial charge in [-0.15, -0.1) is 0 Å². The van der Waals surface area contributed by atoms with Gasteiger partial charge in [-0.3, -0.25) is 0 Å². The van der Waals surface area contributed by atoms with Gasteiger partial charge in [0.15, 0.2) is 0 Å². The van der Waals surface area contributed by atoms with E-state index in [4.69, 9.17) is 4.74 Å². The summed E-state index contributed by atoms with van der Waals surface area (Å²) in [7, 11) is 1.75. The van der Waals surface area contributed by atoms with Gasteiger partial charge in [0.25, 0.3) is 0 Å². The number of rotatable bonds is 8. The molecule has 1 atom stereocenters. The predicted octanol–water partition coefficient (Wildman–Crippen LogP) is 4.05. The molecule has 0 fully saturated rings. The minimum absolute atomic E-state index is 0.262. The van der Waals surface area contributed by atoms with Crippen LogP contribution >= 0.6 is 0 Å². The summed E-state index contributed by atoms with van der Waals surface area (Å²) in [5.41, 5.74) is 5.99. The van der Waals surface area contributed by atoms with Crippen molar-refractivity contribution in [2.45, 2.75) is 48.0 Å². The van der Waals surface area contributed by atoms with Crippen molar-refractivity contribution in [1.29, 1.82) is 0 Å². The smallest absolute Gasteiger partial charge is 0.0587 e. The monoisotopic (exact) mass is 291 g/mol. The molecule has 0 heterocycles. The first-order valence-corrected chi connectivity index (χ1v) is 8.06. The van der Waals surface area contributed by atoms with Crippen LogP contribution in [0.15, 0.2) is 12.1 Å². The second kappa shape index (κ2) is 7.95. The first-order chi connectivity index (χ1) is 9.80. The summed E-state index contributed by atoms with van der Waals surface area (Å²) < 4.78 is 5.12. The Balaban J connectivity index is 2.87. The van der Waals surface area contributed by atoms with Gasteiger partial charge in [-0.25, -0.2) is 0 Å². The number of hydrogen-bond donors (Lipinski definition) is 1. The van der Waals surface area contributed by atoms with Crippen LogP contribution in [0.25, 0.3) is 0 Å². The van der Waals surface area contributed by atoms with Crippen LogP contribution in [0.3, 0.4) is 0 Å². The Bertz CT molecular complexity index is 430. The fourth-order valence-electron chi connectivity index (χ4n) is 2.91. The fourth-order valence-corrected chi connectivity index (χ4v) is 2.91. The van der Waals surface area contributed by atoms with Gasteiger partial charge in [0.05, 0.1) is 6.61 Å². The van der Waals surface area contributed by atoms with Gasteiger partial charge in [0, 0.05) is 20.2 Å². The Morgan fingerprint density at radius 2 is 1.71 bits per heavy atom. The zero-order valence-corrected chi connectivity index (χ0v) is 15.0. The SMILES string of the molecule is COCCNCC(C)(Cc1c(C)cc(C)cc1C)C(C)C. The predicted molar refractivity (Wildman–Crippen MR) is 92.0 cm³/mol. The highest BCUT2D eigenvalue weighted by Crippen LogP contribution is 2.33. The van der Waals surface area contributed by atoms with Crippen LogP contribution in [0.5, 0.6) is 0 Å². The van der Waals surface area contributed by atoms with E-state index in [1.165, 1.54) is 22.3 Å². The van der Waals surface area contributed by atoms with Crippen molar-refractivity contribution < 1.29 is 4.74 Å². The molecule has 0 amide bonds. The maximum absolute atomic E-state index is 5.12. The highest BCUT2D eigenvalue weighted by atomic mass is 16.5. The van der Waals surface area contributed by atoms with E-state index in [1.54, 1.807) is 7.11 Å². The van der Waals surface area contributed by atoms with Crippen LogP contribution in [-0.2, 0) is 11.2 Å². The summed E-state index contributed by atoms with van der Waals surface area (Å²) in [6.45, 7) is 16.5. The minimum atomic E-state index is 0.262. The molecule has 0 spiro atoms. The lowest BCUT2D eigenvalue weighted by Crippen LogP contribution is -2.39. The fraction of sp³-hybridized carbons (Fsp3) is 0.684. The van der Waals surface area contributed by atoms with E-state index in [0.717, 1.165) is 26.1 Å². The van der Waals surface area contributed by atoms with E-state index in [0.29, 0.717) is 5.92 Å². The second-order valence-electron chi connectivity index (χ2n) is 7.03. The third-order valence-corrected chi connectivity index (χ3v) is 4.83. The third kappa shape index (κ3) is 5.12. The number of ether oxygens (including phenoxy) is 1. The van der Waals surface area contributed by atoms with Crippen LogP contribution in [-0.4, -0.2) is 26.8 Å². The summed E-state index contributed by atoms with van der Waals surface area (Å²) in [4.78, 5) is 0. The molecular formula is C19H33NO. The molecule has 120 valence electrons. The largest absolute Gasteiger partial charge is 0.383 e. The summed E-state index contributed by atoms with van der Waals surface area (Å²) in [6.07, 6.45) is 1.13. The molecule has 0 aliphatic heterocycles. The zero-order chi connectivity index (χ0) is 16.0. The van der Waals surface area contributed by atoms with Gasteiger partial charge in [0.1, 0.15) is 0 Å². The summed E-state index contributed by atoms with van der Waals surface area (Å²) >= 11 is 0. The van der Waals surface area contributed by atoms with Gasteiger partial charge in [-0.2, -0.15) is 0 Å². The lowest BCUT2D eigenvalue weighted by Gasteiger charge is -2.35. The van der Waals surface area contributed by atoms with E-state index in [9.17, 15) is 0 Å². The van der Waals surface area contributed by atoms with E-state index < -0.39 is 0 Å². The Morgan fingerprint density at radius 3 is 2.19 bits per heavy atom. The van der Waals surface area contributed by atoms with E-state index in [2.05, 4.69) is 59.0 Å². The molecule has 1 rings (SSSR count). The topological polar surface area (TPSA) is 21.3 Å². The van der Waals surface area contributed by atoms with Crippen molar-refractivity contribution in [3.8, 4) is 0 Å². The molecule has 0 radical (unpaired) electrons. The van der Waals surface area contributed by atoms with Crippen molar-refractivity contribution in [2.24, 2.45) is 11.3 Å². The van der Waals surface area contributed by atoms with Crippen LogP contribution in [0.4, 0.5) is 0 Å². The van der Waals surface area contributed by atoms with Gasteiger partial charge < -0.3 is 10.1 Å². The molecule has 1 unspecified atom stereocenters. The van der Waals surface area contributed by atoms with Crippen molar-refractivity contribution >= 4 is 0 Å². The quantitative estimate of drug-likeness (QED) is 0.730. The lowest BCUT2D eigenvalue weighted by atomic mass is 9.73. The maximum atomic E-state index is 5.12. The minimum Gasteiger partial charge on any atom is -0.383 e. The molecule has 0 saturated heterocycles. The standard InChI is InChI=1S/C19H33NO/c1-14(2)19(6,13-20-8-9-21-7)12-18-16(4)10-15(3)11-17(18)5/h10-11,14,20H,8-9,12-13H2,1-7H3. The van der Waals surface area contributed by atoms with E-state index >= 15 is 0 Å². The summed E-state index contributed by atoms with van der Waals surface area (Å²) in [5.74, 6) is 0.632. The molecule has 2 nitrogen and oxygen atoms in total. The number of nitrogens with one attached hydrogen (secondary N) is 1. The second-order valence-corrected chi connectivity index (χ2v) is 7.03. The number of hydrogen-bond acceptors (Lipinski definition) is 2. The number of benzene rings is 1. The molecule has 1 aromatic carbocycles. The highest BCUT2D eigenvalue weighted by molar-refractivity contribution is 5.38. The van der Waals surface area contributed by atoms with Crippen molar-refractivity contribution in [3.05, 3.63) is 34.4 Å². The number of aryl methyl sites for hydroxylation is 3. The van der Waals surface area contributed by atoms with Gasteiger partial charge in [0.2, 0.25) is 0 Å². The molecular weight excluding hydrogens is 258 g/mol. The molecule has 21 heavy (non-hydrogen) atoms. The Hall–Kier alpha value is -0.860. The average Bonchev–Trinajstić information content (AvgIpc) is 2.39. The molecule has 1 aromatic rings. The maximum Gasteiger partial charge on any atom is 0.0587 e. The van der Waals surface area contributed by atoms with Gasteiger partial charge >= 0.3 is 0 Å². The van der Waals surface area contributed by atoms with Gasteiger partial charge in [-0.1, -0.05) is 38.5 Å². The number of methoxy groups -OCH3 is 1. The van der Waals surface area contributed by atoms with Gasteiger partial charge in [-0.05, 0) is 55.2 Å². The van der Waals surface area contributed by atoms with Crippen LogP contribution < -0.4 is 5.32 Å². The molecule has 0 aliphatic carbocycles. The highest BCUT2D eigenvalue weighted by Gasteiger charge is 2.29. The van der Waals surface area contributed by atoms with E-state index in [1.807, 2.05) is 0 Å². The summed E-state index contributed by atoms with van der Waals surface area (Å²) in [5, 5.41) is 3.55. The van der Waals surface area contributed by atoms with Crippen molar-refractivity contribution in [1.82, 2.24) is 5.32 Å². The molecule has 0 aliphatic rings. The van der Waals surface area contributed by atoms with Crippen LogP contribution in [0.1, 0.15) is 43.0 Å².